The summed E-state index contributed by atoms with van der Waals surface area (Å²) in [5.41, 5.74) is 0.835. The van der Waals surface area contributed by atoms with Crippen LogP contribution < -0.4 is 4.74 Å². The smallest absolute Gasteiger partial charge is 0.344 e. The van der Waals surface area contributed by atoms with Crippen molar-refractivity contribution >= 4 is 17.6 Å². The predicted octanol–water partition coefficient (Wildman–Crippen LogP) is 2.89. The number of halogens is 1. The van der Waals surface area contributed by atoms with Crippen LogP contribution in [-0.4, -0.2) is 17.2 Å². The van der Waals surface area contributed by atoms with Crippen LogP contribution in [-0.2, 0) is 4.79 Å². The Morgan fingerprint density at radius 2 is 2.27 bits per heavy atom. The molecule has 0 aliphatic heterocycles. The molecule has 0 aliphatic carbocycles. The van der Waals surface area contributed by atoms with Crippen LogP contribution in [0.25, 0.3) is 0 Å². The number of aliphatic carboxylic acids is 1. The van der Waals surface area contributed by atoms with E-state index in [9.17, 15) is 4.79 Å². The van der Waals surface area contributed by atoms with Crippen molar-refractivity contribution in [2.24, 2.45) is 0 Å². The number of carboxylic acids is 1. The molecule has 0 saturated heterocycles. The molecule has 15 heavy (non-hydrogen) atoms. The quantitative estimate of drug-likeness (QED) is 0.862. The van der Waals surface area contributed by atoms with Gasteiger partial charge < -0.3 is 9.84 Å². The van der Waals surface area contributed by atoms with Crippen LogP contribution in [0.3, 0.4) is 0 Å². The summed E-state index contributed by atoms with van der Waals surface area (Å²) in [6.07, 6.45) is -0.373. The van der Waals surface area contributed by atoms with E-state index in [1.165, 1.54) is 0 Å². The van der Waals surface area contributed by atoms with Crippen LogP contribution in [0.5, 0.6) is 5.75 Å². The van der Waals surface area contributed by atoms with Crippen LogP contribution in [0.1, 0.15) is 18.9 Å². The highest BCUT2D eigenvalue weighted by molar-refractivity contribution is 6.30. The zero-order chi connectivity index (χ0) is 11.4. The SMILES string of the molecule is CC[C@H](Oc1ccc(Cl)cc1C)C(=O)O. The molecule has 0 heterocycles. The Hall–Kier alpha value is -1.22. The third kappa shape index (κ3) is 3.13. The fourth-order valence-corrected chi connectivity index (χ4v) is 1.43. The summed E-state index contributed by atoms with van der Waals surface area (Å²) in [6, 6.07) is 5.10. The van der Waals surface area contributed by atoms with Crippen LogP contribution in [0, 0.1) is 6.92 Å². The summed E-state index contributed by atoms with van der Waals surface area (Å²) in [6.45, 7) is 3.60. The molecule has 1 aromatic rings. The molecule has 0 radical (unpaired) electrons. The van der Waals surface area contributed by atoms with Crippen molar-refractivity contribution in [2.75, 3.05) is 0 Å². The second kappa shape index (κ2) is 5.03. The van der Waals surface area contributed by atoms with Gasteiger partial charge in [0.25, 0.3) is 0 Å². The average molecular weight is 229 g/mol. The molecule has 1 N–H and O–H groups in total. The maximum absolute atomic E-state index is 10.8. The molecule has 1 atom stereocenters. The Balaban J connectivity index is 2.84. The van der Waals surface area contributed by atoms with Gasteiger partial charge in [0, 0.05) is 5.02 Å². The van der Waals surface area contributed by atoms with Gasteiger partial charge >= 0.3 is 5.97 Å². The van der Waals surface area contributed by atoms with Gasteiger partial charge in [-0.2, -0.15) is 0 Å². The zero-order valence-electron chi connectivity index (χ0n) is 8.66. The van der Waals surface area contributed by atoms with Gasteiger partial charge in [0.2, 0.25) is 0 Å². The molecule has 0 bridgehead atoms. The minimum absolute atomic E-state index is 0.428. The monoisotopic (exact) mass is 228 g/mol. The van der Waals surface area contributed by atoms with Gasteiger partial charge in [-0.1, -0.05) is 18.5 Å². The van der Waals surface area contributed by atoms with E-state index < -0.39 is 12.1 Å². The minimum atomic E-state index is -0.952. The molecular weight excluding hydrogens is 216 g/mol. The van der Waals surface area contributed by atoms with E-state index in [1.807, 2.05) is 6.92 Å². The topological polar surface area (TPSA) is 46.5 Å². The Kier molecular flexibility index (Phi) is 3.97. The first-order valence-electron chi connectivity index (χ1n) is 4.70. The summed E-state index contributed by atoms with van der Waals surface area (Å²) in [5.74, 6) is -0.388. The summed E-state index contributed by atoms with van der Waals surface area (Å²) in [4.78, 5) is 10.8. The maximum atomic E-state index is 10.8. The molecule has 0 aliphatic rings. The third-order valence-electron chi connectivity index (χ3n) is 2.05. The van der Waals surface area contributed by atoms with E-state index in [-0.39, 0.29) is 0 Å². The number of aryl methyl sites for hydroxylation is 1. The lowest BCUT2D eigenvalue weighted by molar-refractivity contribution is -0.145. The average Bonchev–Trinajstić information content (AvgIpc) is 2.16. The van der Waals surface area contributed by atoms with E-state index in [0.717, 1.165) is 5.56 Å². The van der Waals surface area contributed by atoms with Gasteiger partial charge in [-0.3, -0.25) is 0 Å². The summed E-state index contributed by atoms with van der Waals surface area (Å²) < 4.78 is 5.35. The number of carboxylic acid groups (broad SMARTS) is 1. The van der Waals surface area contributed by atoms with Gasteiger partial charge in [0.05, 0.1) is 0 Å². The number of rotatable bonds is 4. The molecule has 0 aromatic heterocycles. The minimum Gasteiger partial charge on any atom is -0.479 e. The first kappa shape index (κ1) is 11.9. The lowest BCUT2D eigenvalue weighted by atomic mass is 10.2. The fraction of sp³-hybridized carbons (Fsp3) is 0.364. The van der Waals surface area contributed by atoms with Gasteiger partial charge in [-0.25, -0.2) is 4.79 Å². The zero-order valence-corrected chi connectivity index (χ0v) is 9.41. The largest absolute Gasteiger partial charge is 0.479 e. The van der Waals surface area contributed by atoms with Crippen molar-refractivity contribution in [3.63, 3.8) is 0 Å². The van der Waals surface area contributed by atoms with Crippen molar-refractivity contribution in [2.45, 2.75) is 26.4 Å². The van der Waals surface area contributed by atoms with Gasteiger partial charge in [0.15, 0.2) is 6.10 Å². The molecule has 3 nitrogen and oxygen atoms in total. The number of hydrogen-bond donors (Lipinski definition) is 1. The molecule has 0 amide bonds. The van der Waals surface area contributed by atoms with Crippen LogP contribution in [0.15, 0.2) is 18.2 Å². The Morgan fingerprint density at radius 1 is 1.60 bits per heavy atom. The molecule has 0 spiro atoms. The lowest BCUT2D eigenvalue weighted by Crippen LogP contribution is -2.26. The molecular formula is C11H13ClO3. The second-order valence-corrected chi connectivity index (χ2v) is 3.70. The normalized spacial score (nSPS) is 12.2. The predicted molar refractivity (Wildman–Crippen MR) is 58.5 cm³/mol. The molecule has 82 valence electrons. The second-order valence-electron chi connectivity index (χ2n) is 3.26. The van der Waals surface area contributed by atoms with Crippen LogP contribution in [0.4, 0.5) is 0 Å². The van der Waals surface area contributed by atoms with E-state index in [1.54, 1.807) is 25.1 Å². The molecule has 1 aromatic carbocycles. The lowest BCUT2D eigenvalue weighted by Gasteiger charge is -2.14. The number of benzene rings is 1. The van der Waals surface area contributed by atoms with Crippen molar-refractivity contribution in [3.8, 4) is 5.75 Å². The summed E-state index contributed by atoms with van der Waals surface area (Å²) in [5, 5.41) is 9.44. The van der Waals surface area contributed by atoms with E-state index in [4.69, 9.17) is 21.4 Å². The summed E-state index contributed by atoms with van der Waals surface area (Å²) in [7, 11) is 0. The Labute approximate surface area is 93.6 Å². The van der Waals surface area contributed by atoms with E-state index in [2.05, 4.69) is 0 Å². The highest BCUT2D eigenvalue weighted by Crippen LogP contribution is 2.23. The molecule has 0 fully saturated rings. The summed E-state index contributed by atoms with van der Waals surface area (Å²) >= 11 is 5.78. The number of carbonyl (C=O) groups is 1. The van der Waals surface area contributed by atoms with Crippen LogP contribution >= 0.6 is 11.6 Å². The first-order chi connectivity index (χ1) is 7.04. The Morgan fingerprint density at radius 3 is 2.73 bits per heavy atom. The van der Waals surface area contributed by atoms with E-state index in [0.29, 0.717) is 17.2 Å². The highest BCUT2D eigenvalue weighted by Gasteiger charge is 2.17. The van der Waals surface area contributed by atoms with Crippen molar-refractivity contribution in [1.82, 2.24) is 0 Å². The van der Waals surface area contributed by atoms with Gasteiger partial charge in [-0.05, 0) is 37.1 Å². The van der Waals surface area contributed by atoms with Gasteiger partial charge in [-0.15, -0.1) is 0 Å². The fourth-order valence-electron chi connectivity index (χ4n) is 1.21. The third-order valence-corrected chi connectivity index (χ3v) is 2.29. The van der Waals surface area contributed by atoms with E-state index >= 15 is 0 Å². The molecule has 4 heteroatoms. The number of hydrogen-bond acceptors (Lipinski definition) is 2. The molecule has 0 unspecified atom stereocenters. The highest BCUT2D eigenvalue weighted by atomic mass is 35.5. The van der Waals surface area contributed by atoms with Crippen molar-refractivity contribution in [3.05, 3.63) is 28.8 Å². The van der Waals surface area contributed by atoms with Crippen molar-refractivity contribution < 1.29 is 14.6 Å². The van der Waals surface area contributed by atoms with Gasteiger partial charge in [0.1, 0.15) is 5.75 Å². The Bertz CT molecular complexity index is 363. The standard InChI is InChI=1S/C11H13ClO3/c1-3-9(11(13)14)15-10-5-4-8(12)6-7(10)2/h4-6,9H,3H2,1-2H3,(H,13,14)/t9-/m0/s1. The maximum Gasteiger partial charge on any atom is 0.344 e. The number of ether oxygens (including phenoxy) is 1. The molecule has 1 rings (SSSR count). The van der Waals surface area contributed by atoms with Crippen LogP contribution in [0.2, 0.25) is 5.02 Å². The van der Waals surface area contributed by atoms with Crippen molar-refractivity contribution in [1.29, 1.82) is 0 Å². The first-order valence-corrected chi connectivity index (χ1v) is 5.08. The molecule has 0 saturated carbocycles.